The van der Waals surface area contributed by atoms with E-state index in [9.17, 15) is 0 Å². The molecule has 0 bridgehead atoms. The van der Waals surface area contributed by atoms with Crippen molar-refractivity contribution >= 4 is 0 Å². The number of hydrogen-bond donors (Lipinski definition) is 2. The highest BCUT2D eigenvalue weighted by Crippen LogP contribution is 2.21. The van der Waals surface area contributed by atoms with Crippen LogP contribution in [-0.2, 0) is 0 Å². The maximum absolute atomic E-state index is 4.55. The Labute approximate surface area is 86.3 Å². The maximum Gasteiger partial charge on any atom is 0.111 e. The van der Waals surface area contributed by atoms with E-state index in [0.29, 0.717) is 11.8 Å². The Kier molecular flexibility index (Phi) is 3.69. The molecule has 1 aromatic heterocycles. The molecule has 0 fully saturated rings. The number of hydrogen-bond acceptors (Lipinski definition) is 2. The molecule has 0 aliphatic heterocycles. The van der Waals surface area contributed by atoms with Crippen molar-refractivity contribution in [3.05, 3.63) is 17.2 Å². The van der Waals surface area contributed by atoms with Crippen LogP contribution < -0.4 is 5.32 Å². The number of aryl methyl sites for hydroxylation is 2. The highest BCUT2D eigenvalue weighted by Gasteiger charge is 2.18. The quantitative estimate of drug-likeness (QED) is 0.771. The molecule has 3 heteroatoms. The average molecular weight is 195 g/mol. The Morgan fingerprint density at radius 2 is 2.00 bits per heavy atom. The third-order valence-electron chi connectivity index (χ3n) is 2.73. The van der Waals surface area contributed by atoms with Gasteiger partial charge in [0.1, 0.15) is 5.82 Å². The van der Waals surface area contributed by atoms with Gasteiger partial charge in [0.2, 0.25) is 0 Å². The summed E-state index contributed by atoms with van der Waals surface area (Å²) in [4.78, 5) is 7.91. The number of nitrogens with zero attached hydrogens (tertiary/aromatic N) is 1. The molecular weight excluding hydrogens is 174 g/mol. The molecule has 1 aromatic rings. The Morgan fingerprint density at radius 3 is 2.36 bits per heavy atom. The Balaban J connectivity index is 2.87. The third kappa shape index (κ3) is 2.35. The average Bonchev–Trinajstić information content (AvgIpc) is 2.42. The minimum absolute atomic E-state index is 0.479. The molecule has 2 N–H and O–H groups in total. The normalized spacial score (nSPS) is 13.6. The van der Waals surface area contributed by atoms with Gasteiger partial charge >= 0.3 is 0 Å². The number of aromatic nitrogens is 2. The smallest absolute Gasteiger partial charge is 0.111 e. The van der Waals surface area contributed by atoms with Crippen LogP contribution in [0.15, 0.2) is 0 Å². The molecule has 1 unspecified atom stereocenters. The van der Waals surface area contributed by atoms with E-state index >= 15 is 0 Å². The lowest BCUT2D eigenvalue weighted by molar-refractivity contribution is 0.460. The Hall–Kier alpha value is -0.830. The molecule has 0 saturated carbocycles. The van der Waals surface area contributed by atoms with Gasteiger partial charge in [-0.05, 0) is 26.8 Å². The topological polar surface area (TPSA) is 40.7 Å². The van der Waals surface area contributed by atoms with E-state index in [4.69, 9.17) is 0 Å². The summed E-state index contributed by atoms with van der Waals surface area (Å²) < 4.78 is 0. The second-order valence-electron chi connectivity index (χ2n) is 4.24. The monoisotopic (exact) mass is 195 g/mol. The standard InChI is InChI=1S/C11H21N3/c1-7(2)10(6-12-5)11-13-8(3)9(4)14-11/h7,10,12H,6H2,1-5H3,(H,13,14). The van der Waals surface area contributed by atoms with Crippen molar-refractivity contribution in [3.63, 3.8) is 0 Å². The second kappa shape index (κ2) is 4.60. The third-order valence-corrected chi connectivity index (χ3v) is 2.73. The molecule has 0 saturated heterocycles. The van der Waals surface area contributed by atoms with E-state index in [1.54, 1.807) is 0 Å². The molecule has 0 radical (unpaired) electrons. The highest BCUT2D eigenvalue weighted by atomic mass is 15.0. The van der Waals surface area contributed by atoms with Crippen LogP contribution >= 0.6 is 0 Å². The molecule has 1 rings (SSSR count). The van der Waals surface area contributed by atoms with Crippen molar-refractivity contribution in [2.24, 2.45) is 5.92 Å². The summed E-state index contributed by atoms with van der Waals surface area (Å²) in [5.74, 6) is 2.20. The van der Waals surface area contributed by atoms with Gasteiger partial charge in [-0.1, -0.05) is 13.8 Å². The van der Waals surface area contributed by atoms with Crippen molar-refractivity contribution < 1.29 is 0 Å². The van der Waals surface area contributed by atoms with Gasteiger partial charge in [-0.2, -0.15) is 0 Å². The summed E-state index contributed by atoms with van der Waals surface area (Å²) in [6.07, 6.45) is 0. The van der Waals surface area contributed by atoms with Gasteiger partial charge in [0.05, 0.1) is 5.69 Å². The summed E-state index contributed by atoms with van der Waals surface area (Å²) >= 11 is 0. The van der Waals surface area contributed by atoms with Crippen LogP contribution in [0.4, 0.5) is 0 Å². The largest absolute Gasteiger partial charge is 0.346 e. The van der Waals surface area contributed by atoms with E-state index in [0.717, 1.165) is 18.1 Å². The van der Waals surface area contributed by atoms with Gasteiger partial charge < -0.3 is 10.3 Å². The van der Waals surface area contributed by atoms with Gasteiger partial charge in [-0.3, -0.25) is 0 Å². The highest BCUT2D eigenvalue weighted by molar-refractivity contribution is 5.14. The number of imidazole rings is 1. The fourth-order valence-electron chi connectivity index (χ4n) is 1.62. The summed E-state index contributed by atoms with van der Waals surface area (Å²) in [5.41, 5.74) is 2.29. The Morgan fingerprint density at radius 1 is 1.36 bits per heavy atom. The Bertz CT molecular complexity index is 269. The zero-order valence-corrected chi connectivity index (χ0v) is 9.81. The van der Waals surface area contributed by atoms with Gasteiger partial charge in [0, 0.05) is 18.2 Å². The number of H-pyrrole nitrogens is 1. The minimum Gasteiger partial charge on any atom is -0.346 e. The summed E-state index contributed by atoms with van der Waals surface area (Å²) in [6, 6.07) is 0. The molecule has 1 heterocycles. The molecule has 1 atom stereocenters. The fraction of sp³-hybridized carbons (Fsp3) is 0.727. The first-order valence-corrected chi connectivity index (χ1v) is 5.24. The summed E-state index contributed by atoms with van der Waals surface area (Å²) in [6.45, 7) is 9.56. The van der Waals surface area contributed by atoms with Crippen LogP contribution in [0.1, 0.15) is 37.0 Å². The predicted octanol–water partition coefficient (Wildman–Crippen LogP) is 1.99. The van der Waals surface area contributed by atoms with Crippen LogP contribution in [0.2, 0.25) is 0 Å². The van der Waals surface area contributed by atoms with Crippen molar-refractivity contribution in [2.45, 2.75) is 33.6 Å². The lowest BCUT2D eigenvalue weighted by Gasteiger charge is -2.17. The first-order valence-electron chi connectivity index (χ1n) is 5.24. The van der Waals surface area contributed by atoms with E-state index in [2.05, 4.69) is 36.1 Å². The molecule has 0 aromatic carbocycles. The van der Waals surface area contributed by atoms with E-state index < -0.39 is 0 Å². The molecular formula is C11H21N3. The number of aromatic amines is 1. The molecule has 0 amide bonds. The molecule has 80 valence electrons. The number of nitrogens with one attached hydrogen (secondary N) is 2. The van der Waals surface area contributed by atoms with Crippen LogP contribution in [0.5, 0.6) is 0 Å². The van der Waals surface area contributed by atoms with Crippen LogP contribution in [0.25, 0.3) is 0 Å². The number of rotatable bonds is 4. The van der Waals surface area contributed by atoms with E-state index in [1.807, 2.05) is 14.0 Å². The molecule has 0 spiro atoms. The van der Waals surface area contributed by atoms with Gasteiger partial charge in [0.15, 0.2) is 0 Å². The predicted molar refractivity (Wildman–Crippen MR) is 59.6 cm³/mol. The van der Waals surface area contributed by atoms with Crippen molar-refractivity contribution in [1.82, 2.24) is 15.3 Å². The fourth-order valence-corrected chi connectivity index (χ4v) is 1.62. The molecule has 0 aliphatic rings. The van der Waals surface area contributed by atoms with Crippen LogP contribution in [0, 0.1) is 19.8 Å². The van der Waals surface area contributed by atoms with E-state index in [1.165, 1.54) is 5.69 Å². The van der Waals surface area contributed by atoms with Gasteiger partial charge in [-0.15, -0.1) is 0 Å². The zero-order chi connectivity index (χ0) is 10.7. The molecule has 3 nitrogen and oxygen atoms in total. The SMILES string of the molecule is CNCC(c1nc(C)c(C)[nH]1)C(C)C. The zero-order valence-electron chi connectivity index (χ0n) is 9.81. The van der Waals surface area contributed by atoms with Gasteiger partial charge in [0.25, 0.3) is 0 Å². The lowest BCUT2D eigenvalue weighted by atomic mass is 9.95. The molecule has 0 aliphatic carbocycles. The first-order chi connectivity index (χ1) is 6.56. The van der Waals surface area contributed by atoms with Gasteiger partial charge in [-0.25, -0.2) is 4.98 Å². The lowest BCUT2D eigenvalue weighted by Crippen LogP contribution is -2.22. The van der Waals surface area contributed by atoms with Crippen molar-refractivity contribution in [3.8, 4) is 0 Å². The van der Waals surface area contributed by atoms with E-state index in [-0.39, 0.29) is 0 Å². The van der Waals surface area contributed by atoms with Crippen LogP contribution in [0.3, 0.4) is 0 Å². The van der Waals surface area contributed by atoms with Crippen molar-refractivity contribution in [2.75, 3.05) is 13.6 Å². The first kappa shape index (κ1) is 11.2. The summed E-state index contributed by atoms with van der Waals surface area (Å²) in [5, 5.41) is 3.22. The maximum atomic E-state index is 4.55. The second-order valence-corrected chi connectivity index (χ2v) is 4.24. The van der Waals surface area contributed by atoms with Crippen LogP contribution in [-0.4, -0.2) is 23.6 Å². The van der Waals surface area contributed by atoms with Crippen molar-refractivity contribution in [1.29, 1.82) is 0 Å². The number of likely N-dealkylation sites (N-methyl/N-ethyl adjacent to an activating group) is 1. The minimum atomic E-state index is 0.479. The summed E-state index contributed by atoms with van der Waals surface area (Å²) in [7, 11) is 1.98. The molecule has 14 heavy (non-hydrogen) atoms.